The molecular weight excluding hydrogens is 228 g/mol. The fraction of sp³-hybridized carbons (Fsp3) is 0.364. The van der Waals surface area contributed by atoms with E-state index in [1.54, 1.807) is 7.11 Å². The Kier molecular flexibility index (Phi) is 4.43. The lowest BCUT2D eigenvalue weighted by Crippen LogP contribution is -2.31. The van der Waals surface area contributed by atoms with Gasteiger partial charge >= 0.3 is 6.03 Å². The van der Waals surface area contributed by atoms with E-state index >= 15 is 0 Å². The number of carbonyl (C=O) groups is 1. The molecule has 0 spiro atoms. The first kappa shape index (κ1) is 12.6. The molecule has 0 saturated carbocycles. The van der Waals surface area contributed by atoms with Crippen LogP contribution >= 0.6 is 11.6 Å². The van der Waals surface area contributed by atoms with Crippen molar-refractivity contribution in [1.82, 2.24) is 5.32 Å². The molecule has 0 radical (unpaired) electrons. The standard InChI is InChI=1S/C11H15ClN2O2/c1-7-5-9(12)6-8(10(7)16-2)3-4-14-11(13)15/h5-6H,3-4H2,1-2H3,(H3,13,14,15). The molecule has 0 atom stereocenters. The summed E-state index contributed by atoms with van der Waals surface area (Å²) in [6, 6.07) is 3.14. The highest BCUT2D eigenvalue weighted by Crippen LogP contribution is 2.27. The number of aryl methyl sites for hydroxylation is 1. The molecule has 4 nitrogen and oxygen atoms in total. The molecular formula is C11H15ClN2O2. The minimum Gasteiger partial charge on any atom is -0.496 e. The van der Waals surface area contributed by atoms with E-state index in [0.717, 1.165) is 16.9 Å². The van der Waals surface area contributed by atoms with Crippen molar-refractivity contribution in [3.05, 3.63) is 28.3 Å². The summed E-state index contributed by atoms with van der Waals surface area (Å²) in [4.78, 5) is 10.5. The fourth-order valence-corrected chi connectivity index (χ4v) is 1.89. The van der Waals surface area contributed by atoms with Crippen molar-refractivity contribution in [1.29, 1.82) is 0 Å². The number of rotatable bonds is 4. The molecule has 0 aromatic heterocycles. The molecule has 0 heterocycles. The van der Waals surface area contributed by atoms with Crippen molar-refractivity contribution >= 4 is 17.6 Å². The monoisotopic (exact) mass is 242 g/mol. The zero-order valence-electron chi connectivity index (χ0n) is 9.34. The van der Waals surface area contributed by atoms with Crippen LogP contribution in [-0.2, 0) is 6.42 Å². The summed E-state index contributed by atoms with van der Waals surface area (Å²) in [6.07, 6.45) is 0.632. The van der Waals surface area contributed by atoms with Crippen LogP contribution in [0.1, 0.15) is 11.1 Å². The maximum atomic E-state index is 10.5. The van der Waals surface area contributed by atoms with E-state index in [0.29, 0.717) is 18.0 Å². The van der Waals surface area contributed by atoms with E-state index in [2.05, 4.69) is 5.32 Å². The third-order valence-corrected chi connectivity index (χ3v) is 2.43. The number of ether oxygens (including phenoxy) is 1. The van der Waals surface area contributed by atoms with Crippen molar-refractivity contribution in [2.75, 3.05) is 13.7 Å². The summed E-state index contributed by atoms with van der Waals surface area (Å²) in [7, 11) is 1.61. The molecule has 0 saturated heterocycles. The SMILES string of the molecule is COc1c(C)cc(Cl)cc1CCNC(N)=O. The number of primary amides is 1. The van der Waals surface area contributed by atoms with Crippen LogP contribution in [-0.4, -0.2) is 19.7 Å². The Morgan fingerprint density at radius 2 is 2.25 bits per heavy atom. The molecule has 0 aliphatic heterocycles. The summed E-state index contributed by atoms with van der Waals surface area (Å²) in [5.41, 5.74) is 6.92. The first-order valence-electron chi connectivity index (χ1n) is 4.91. The van der Waals surface area contributed by atoms with Crippen LogP contribution < -0.4 is 15.8 Å². The second-order valence-electron chi connectivity index (χ2n) is 3.46. The summed E-state index contributed by atoms with van der Waals surface area (Å²) in [5.74, 6) is 0.802. The maximum Gasteiger partial charge on any atom is 0.312 e. The van der Waals surface area contributed by atoms with Gasteiger partial charge in [0.1, 0.15) is 5.75 Å². The number of hydrogen-bond acceptors (Lipinski definition) is 2. The van der Waals surface area contributed by atoms with Crippen LogP contribution in [0.4, 0.5) is 4.79 Å². The van der Waals surface area contributed by atoms with Gasteiger partial charge < -0.3 is 15.8 Å². The Hall–Kier alpha value is -1.42. The lowest BCUT2D eigenvalue weighted by Gasteiger charge is -2.12. The molecule has 3 N–H and O–H groups in total. The fourth-order valence-electron chi connectivity index (χ4n) is 1.60. The molecule has 16 heavy (non-hydrogen) atoms. The number of benzene rings is 1. The van der Waals surface area contributed by atoms with Crippen LogP contribution in [0.15, 0.2) is 12.1 Å². The van der Waals surface area contributed by atoms with Gasteiger partial charge in [0, 0.05) is 11.6 Å². The zero-order chi connectivity index (χ0) is 12.1. The van der Waals surface area contributed by atoms with E-state index in [-0.39, 0.29) is 0 Å². The molecule has 0 aliphatic carbocycles. The van der Waals surface area contributed by atoms with Gasteiger partial charge in [-0.1, -0.05) is 11.6 Å². The number of nitrogens with one attached hydrogen (secondary N) is 1. The number of hydrogen-bond donors (Lipinski definition) is 2. The first-order chi connectivity index (χ1) is 7.54. The lowest BCUT2D eigenvalue weighted by molar-refractivity contribution is 0.249. The van der Waals surface area contributed by atoms with E-state index < -0.39 is 6.03 Å². The molecule has 0 fully saturated rings. The first-order valence-corrected chi connectivity index (χ1v) is 5.28. The van der Waals surface area contributed by atoms with Gasteiger partial charge in [-0.05, 0) is 36.6 Å². The average molecular weight is 243 g/mol. The molecule has 0 unspecified atom stereocenters. The van der Waals surface area contributed by atoms with Crippen molar-refractivity contribution in [3.8, 4) is 5.75 Å². The smallest absolute Gasteiger partial charge is 0.312 e. The van der Waals surface area contributed by atoms with Crippen LogP contribution in [0.3, 0.4) is 0 Å². The molecule has 2 amide bonds. The van der Waals surface area contributed by atoms with Gasteiger partial charge in [0.2, 0.25) is 0 Å². The molecule has 5 heteroatoms. The molecule has 1 rings (SSSR count). The highest BCUT2D eigenvalue weighted by Gasteiger charge is 2.08. The van der Waals surface area contributed by atoms with Gasteiger partial charge in [-0.15, -0.1) is 0 Å². The highest BCUT2D eigenvalue weighted by molar-refractivity contribution is 6.30. The molecule has 88 valence electrons. The summed E-state index contributed by atoms with van der Waals surface area (Å²) in [5, 5.41) is 3.18. The topological polar surface area (TPSA) is 64.3 Å². The number of nitrogens with two attached hydrogens (primary N) is 1. The largest absolute Gasteiger partial charge is 0.496 e. The zero-order valence-corrected chi connectivity index (χ0v) is 10.1. The highest BCUT2D eigenvalue weighted by atomic mass is 35.5. The third kappa shape index (κ3) is 3.31. The molecule has 1 aromatic carbocycles. The van der Waals surface area contributed by atoms with Gasteiger partial charge in [0.05, 0.1) is 7.11 Å². The normalized spacial score (nSPS) is 9.94. The van der Waals surface area contributed by atoms with Gasteiger partial charge in [0.15, 0.2) is 0 Å². The minimum atomic E-state index is -0.530. The Morgan fingerprint density at radius 1 is 1.56 bits per heavy atom. The summed E-state index contributed by atoms with van der Waals surface area (Å²) < 4.78 is 5.29. The summed E-state index contributed by atoms with van der Waals surface area (Å²) in [6.45, 7) is 2.39. The summed E-state index contributed by atoms with van der Waals surface area (Å²) >= 11 is 5.95. The number of methoxy groups -OCH3 is 1. The maximum absolute atomic E-state index is 10.5. The van der Waals surface area contributed by atoms with E-state index in [1.165, 1.54) is 0 Å². The van der Waals surface area contributed by atoms with E-state index in [9.17, 15) is 4.79 Å². The van der Waals surface area contributed by atoms with Gasteiger partial charge in [-0.3, -0.25) is 0 Å². The number of urea groups is 1. The Balaban J connectivity index is 2.81. The van der Waals surface area contributed by atoms with Crippen LogP contribution in [0, 0.1) is 6.92 Å². The van der Waals surface area contributed by atoms with Crippen molar-refractivity contribution < 1.29 is 9.53 Å². The second kappa shape index (κ2) is 5.61. The number of halogens is 1. The minimum absolute atomic E-state index is 0.464. The van der Waals surface area contributed by atoms with Crippen molar-refractivity contribution in [2.45, 2.75) is 13.3 Å². The van der Waals surface area contributed by atoms with Gasteiger partial charge in [-0.2, -0.15) is 0 Å². The quantitative estimate of drug-likeness (QED) is 0.847. The van der Waals surface area contributed by atoms with Crippen LogP contribution in [0.2, 0.25) is 5.02 Å². The number of carbonyl (C=O) groups excluding carboxylic acids is 1. The van der Waals surface area contributed by atoms with E-state index in [4.69, 9.17) is 22.1 Å². The van der Waals surface area contributed by atoms with Crippen molar-refractivity contribution in [3.63, 3.8) is 0 Å². The predicted octanol–water partition coefficient (Wildman–Crippen LogP) is 1.87. The van der Waals surface area contributed by atoms with Crippen LogP contribution in [0.5, 0.6) is 5.75 Å². The molecule has 0 aliphatic rings. The van der Waals surface area contributed by atoms with Gasteiger partial charge in [0.25, 0.3) is 0 Å². The van der Waals surface area contributed by atoms with E-state index in [1.807, 2.05) is 19.1 Å². The average Bonchev–Trinajstić information content (AvgIpc) is 2.16. The second-order valence-corrected chi connectivity index (χ2v) is 3.89. The third-order valence-electron chi connectivity index (χ3n) is 2.21. The molecule has 1 aromatic rings. The Bertz CT molecular complexity index is 394. The predicted molar refractivity (Wildman–Crippen MR) is 64.0 cm³/mol. The Labute approximate surface area is 99.7 Å². The number of amides is 2. The van der Waals surface area contributed by atoms with Crippen molar-refractivity contribution in [2.24, 2.45) is 5.73 Å². The van der Waals surface area contributed by atoms with Gasteiger partial charge in [-0.25, -0.2) is 4.79 Å². The van der Waals surface area contributed by atoms with Crippen LogP contribution in [0.25, 0.3) is 0 Å². The molecule has 0 bridgehead atoms. The lowest BCUT2D eigenvalue weighted by atomic mass is 10.1. The Morgan fingerprint density at radius 3 is 2.81 bits per heavy atom.